The molecule has 0 bridgehead atoms. The van der Waals surface area contributed by atoms with Gasteiger partial charge in [0.15, 0.2) is 5.79 Å². The molecule has 1 amide bonds. The summed E-state index contributed by atoms with van der Waals surface area (Å²) in [6.07, 6.45) is 6.82. The van der Waals surface area contributed by atoms with Crippen LogP contribution in [-0.4, -0.2) is 55.3 Å². The Hall–Kier alpha value is -2.03. The molecular formula is C31H42NO7PS. The molecule has 1 aliphatic heterocycles. The first-order valence-electron chi connectivity index (χ1n) is 14.9. The van der Waals surface area contributed by atoms with Gasteiger partial charge in [0.2, 0.25) is 13.3 Å². The standard InChI is InChI=1S/C31H42NO7PS/c1-4-39-40(3,36)20-22-7-11-23(12-8-22)27-19-26(28(41-27)30(34)35)32(29(33)24-9-5-21(2)6-10-24)25-13-15-31(16-14-25)37-17-18-38-31/h7-8,11-12,19,21,24-25H,4-6,9-10,13-18,20H2,1-3H3,(H,34,35). The van der Waals surface area contributed by atoms with E-state index in [9.17, 15) is 19.3 Å². The van der Waals surface area contributed by atoms with E-state index in [1.165, 1.54) is 11.3 Å². The summed E-state index contributed by atoms with van der Waals surface area (Å²) in [6, 6.07) is 9.45. The van der Waals surface area contributed by atoms with Crippen LogP contribution in [-0.2, 0) is 29.5 Å². The van der Waals surface area contributed by atoms with E-state index in [-0.39, 0.29) is 22.7 Å². The van der Waals surface area contributed by atoms with E-state index in [4.69, 9.17) is 14.0 Å². The third kappa shape index (κ3) is 6.97. The summed E-state index contributed by atoms with van der Waals surface area (Å²) in [5, 5.41) is 10.3. The first kappa shape index (κ1) is 30.4. The number of ether oxygens (including phenoxy) is 2. The molecule has 2 heterocycles. The Morgan fingerprint density at radius 3 is 2.29 bits per heavy atom. The normalized spacial score (nSPS) is 24.3. The predicted octanol–water partition coefficient (Wildman–Crippen LogP) is 7.40. The van der Waals surface area contributed by atoms with Gasteiger partial charge in [-0.1, -0.05) is 31.2 Å². The van der Waals surface area contributed by atoms with Crippen LogP contribution < -0.4 is 4.90 Å². The summed E-state index contributed by atoms with van der Waals surface area (Å²) in [5.41, 5.74) is 2.26. The number of thiophene rings is 1. The number of hydrogen-bond acceptors (Lipinski definition) is 7. The van der Waals surface area contributed by atoms with Crippen LogP contribution in [0.15, 0.2) is 30.3 Å². The topological polar surface area (TPSA) is 102 Å². The third-order valence-corrected chi connectivity index (χ3v) is 11.7. The van der Waals surface area contributed by atoms with Crippen molar-refractivity contribution in [1.82, 2.24) is 0 Å². The smallest absolute Gasteiger partial charge is 0.348 e. The summed E-state index contributed by atoms with van der Waals surface area (Å²) in [7, 11) is -2.72. The van der Waals surface area contributed by atoms with Crippen molar-refractivity contribution in [1.29, 1.82) is 0 Å². The molecule has 41 heavy (non-hydrogen) atoms. The Morgan fingerprint density at radius 2 is 1.71 bits per heavy atom. The minimum absolute atomic E-state index is 0.0444. The number of carbonyl (C=O) groups is 2. The van der Waals surface area contributed by atoms with E-state index in [2.05, 4.69) is 6.92 Å². The molecular weight excluding hydrogens is 561 g/mol. The predicted molar refractivity (Wildman–Crippen MR) is 161 cm³/mol. The molecule has 8 nitrogen and oxygen atoms in total. The molecule has 0 radical (unpaired) electrons. The van der Waals surface area contributed by atoms with Crippen LogP contribution in [0.25, 0.3) is 10.4 Å². The number of carboxylic acids is 1. The summed E-state index contributed by atoms with van der Waals surface area (Å²) in [6.45, 7) is 7.29. The maximum absolute atomic E-state index is 14.2. The minimum Gasteiger partial charge on any atom is -0.477 e. The second kappa shape index (κ2) is 12.7. The molecule has 3 aliphatic rings. The highest BCUT2D eigenvalue weighted by atomic mass is 32.1. The van der Waals surface area contributed by atoms with Crippen LogP contribution >= 0.6 is 18.7 Å². The fraction of sp³-hybridized carbons (Fsp3) is 0.613. The second-order valence-corrected chi connectivity index (χ2v) is 15.6. The van der Waals surface area contributed by atoms with Crippen molar-refractivity contribution < 1.29 is 33.3 Å². The van der Waals surface area contributed by atoms with Crippen molar-refractivity contribution in [2.75, 3.05) is 31.4 Å². The van der Waals surface area contributed by atoms with Crippen molar-refractivity contribution in [3.05, 3.63) is 40.8 Å². The number of carboxylic acid groups (broad SMARTS) is 1. The third-order valence-electron chi connectivity index (χ3n) is 8.77. The van der Waals surface area contributed by atoms with Gasteiger partial charge in [0.1, 0.15) is 4.88 Å². The van der Waals surface area contributed by atoms with E-state index in [0.29, 0.717) is 63.3 Å². The quantitative estimate of drug-likeness (QED) is 0.298. The number of benzene rings is 1. The lowest BCUT2D eigenvalue weighted by molar-refractivity contribution is -0.179. The van der Waals surface area contributed by atoms with Crippen molar-refractivity contribution in [2.45, 2.75) is 83.2 Å². The molecule has 1 unspecified atom stereocenters. The van der Waals surface area contributed by atoms with Gasteiger partial charge in [0, 0.05) is 42.5 Å². The number of amides is 1. The maximum Gasteiger partial charge on any atom is 0.348 e. The van der Waals surface area contributed by atoms with Crippen LogP contribution in [0.4, 0.5) is 5.69 Å². The average Bonchev–Trinajstić information content (AvgIpc) is 3.58. The SMILES string of the molecule is CCOP(C)(=O)Cc1ccc(-c2cc(N(C(=O)C3CCC(C)CC3)C3CCC4(CC3)OCCO4)c(C(=O)O)s2)cc1. The van der Waals surface area contributed by atoms with E-state index in [1.807, 2.05) is 42.2 Å². The first-order chi connectivity index (χ1) is 19.6. The average molecular weight is 604 g/mol. The highest BCUT2D eigenvalue weighted by Crippen LogP contribution is 2.47. The Balaban J connectivity index is 1.45. The van der Waals surface area contributed by atoms with Gasteiger partial charge in [-0.3, -0.25) is 9.36 Å². The number of carbonyl (C=O) groups excluding carboxylic acids is 1. The number of nitrogens with zero attached hydrogens (tertiary/aromatic N) is 1. The Morgan fingerprint density at radius 1 is 1.07 bits per heavy atom. The van der Waals surface area contributed by atoms with E-state index in [1.54, 1.807) is 6.66 Å². The second-order valence-electron chi connectivity index (χ2n) is 11.9. The fourth-order valence-corrected chi connectivity index (χ4v) is 9.07. The molecule has 3 fully saturated rings. The molecule has 1 saturated heterocycles. The zero-order valence-corrected chi connectivity index (χ0v) is 26.0. The number of aromatic carboxylic acids is 1. The van der Waals surface area contributed by atoms with Gasteiger partial charge in [-0.05, 0) is 68.6 Å². The lowest BCUT2D eigenvalue weighted by atomic mass is 9.81. The first-order valence-corrected chi connectivity index (χ1v) is 18.0. The van der Waals surface area contributed by atoms with Crippen LogP contribution in [0.3, 0.4) is 0 Å². The zero-order valence-electron chi connectivity index (χ0n) is 24.3. The lowest BCUT2D eigenvalue weighted by Gasteiger charge is -2.42. The Labute approximate surface area is 246 Å². The van der Waals surface area contributed by atoms with Crippen molar-refractivity contribution in [2.24, 2.45) is 11.8 Å². The van der Waals surface area contributed by atoms with Crippen molar-refractivity contribution >= 4 is 36.3 Å². The fourth-order valence-electron chi connectivity index (χ4n) is 6.57. The van der Waals surface area contributed by atoms with Gasteiger partial charge in [-0.2, -0.15) is 0 Å². The monoisotopic (exact) mass is 603 g/mol. The van der Waals surface area contributed by atoms with Gasteiger partial charge in [0.05, 0.1) is 25.5 Å². The number of hydrogen-bond donors (Lipinski definition) is 1. The minimum atomic E-state index is -2.72. The van der Waals surface area contributed by atoms with Gasteiger partial charge >= 0.3 is 5.97 Å². The maximum atomic E-state index is 14.2. The molecule has 2 aliphatic carbocycles. The van der Waals surface area contributed by atoms with Crippen LogP contribution in [0.5, 0.6) is 0 Å². The van der Waals surface area contributed by atoms with Gasteiger partial charge in [0.25, 0.3) is 0 Å². The van der Waals surface area contributed by atoms with Crippen molar-refractivity contribution in [3.8, 4) is 10.4 Å². The van der Waals surface area contributed by atoms with Crippen LogP contribution in [0.1, 0.15) is 80.4 Å². The van der Waals surface area contributed by atoms with Gasteiger partial charge in [-0.15, -0.1) is 11.3 Å². The Kier molecular flexibility index (Phi) is 9.41. The highest BCUT2D eigenvalue weighted by Gasteiger charge is 2.44. The number of rotatable bonds is 9. The zero-order chi connectivity index (χ0) is 29.2. The van der Waals surface area contributed by atoms with Gasteiger partial charge < -0.3 is 24.0 Å². The van der Waals surface area contributed by atoms with E-state index >= 15 is 0 Å². The highest BCUT2D eigenvalue weighted by molar-refractivity contribution is 7.57. The summed E-state index contributed by atoms with van der Waals surface area (Å²) < 4.78 is 29.9. The van der Waals surface area contributed by atoms with Crippen molar-refractivity contribution in [3.63, 3.8) is 0 Å². The van der Waals surface area contributed by atoms with Crippen LogP contribution in [0, 0.1) is 11.8 Å². The molecule has 1 spiro atoms. The molecule has 224 valence electrons. The lowest BCUT2D eigenvalue weighted by Crippen LogP contribution is -2.49. The Bertz CT molecular complexity index is 1270. The molecule has 1 N–H and O–H groups in total. The molecule has 1 atom stereocenters. The van der Waals surface area contributed by atoms with Crippen LogP contribution in [0.2, 0.25) is 0 Å². The van der Waals surface area contributed by atoms with E-state index < -0.39 is 19.1 Å². The summed E-state index contributed by atoms with van der Waals surface area (Å²) >= 11 is 1.20. The molecule has 5 rings (SSSR count). The van der Waals surface area contributed by atoms with E-state index in [0.717, 1.165) is 41.7 Å². The molecule has 1 aromatic carbocycles. The summed E-state index contributed by atoms with van der Waals surface area (Å²) in [4.78, 5) is 29.6. The summed E-state index contributed by atoms with van der Waals surface area (Å²) in [5.74, 6) is -1.03. The number of anilines is 1. The molecule has 10 heteroatoms. The molecule has 2 aromatic rings. The largest absolute Gasteiger partial charge is 0.477 e. The molecule has 2 saturated carbocycles. The van der Waals surface area contributed by atoms with Gasteiger partial charge in [-0.25, -0.2) is 4.79 Å². The molecule has 1 aromatic heterocycles.